The Morgan fingerprint density at radius 1 is 1.18 bits per heavy atom. The molecule has 1 unspecified atom stereocenters. The van der Waals surface area contributed by atoms with Crippen LogP contribution in [0.25, 0.3) is 21.8 Å². The van der Waals surface area contributed by atoms with E-state index in [2.05, 4.69) is 35.8 Å². The van der Waals surface area contributed by atoms with Crippen LogP contribution < -0.4 is 20.9 Å². The lowest BCUT2D eigenvalue weighted by molar-refractivity contribution is -0.123. The maximum absolute atomic E-state index is 11.2. The Hall–Kier alpha value is -3.81. The van der Waals surface area contributed by atoms with Gasteiger partial charge >= 0.3 is 0 Å². The number of carbonyl (C=O) groups is 1. The summed E-state index contributed by atoms with van der Waals surface area (Å²) in [4.78, 5) is 31.6. The highest BCUT2D eigenvalue weighted by molar-refractivity contribution is 7.22. The number of thiazole rings is 1. The molecule has 5 heterocycles. The fourth-order valence-corrected chi connectivity index (χ4v) is 5.13. The van der Waals surface area contributed by atoms with Crippen molar-refractivity contribution in [3.05, 3.63) is 42.0 Å². The number of rotatable bonds is 10. The quantitative estimate of drug-likeness (QED) is 0.149. The largest absolute Gasteiger partial charge is 0.444 e. The average molecular weight is 539 g/mol. The normalized spacial score (nSPS) is 14.4. The summed E-state index contributed by atoms with van der Waals surface area (Å²) in [5, 5.41) is 29.5. The number of oxazole rings is 1. The number of aromatic nitrogens is 4. The van der Waals surface area contributed by atoms with Crippen LogP contribution in [0.4, 0.5) is 16.6 Å². The molecule has 4 aromatic heterocycles. The molecule has 0 bridgehead atoms. The van der Waals surface area contributed by atoms with Crippen LogP contribution in [0.1, 0.15) is 36.9 Å². The number of aliphatic hydroxyl groups is 2. The van der Waals surface area contributed by atoms with Crippen LogP contribution in [0.5, 0.6) is 0 Å². The molecule has 1 amide bonds. The van der Waals surface area contributed by atoms with Gasteiger partial charge in [-0.15, -0.1) is 0 Å². The smallest absolute Gasteiger partial charge is 0.245 e. The molecule has 12 nitrogen and oxygen atoms in total. The maximum atomic E-state index is 11.2. The summed E-state index contributed by atoms with van der Waals surface area (Å²) >= 11 is 1.43. The third-order valence-electron chi connectivity index (χ3n) is 6.12. The van der Waals surface area contributed by atoms with Crippen LogP contribution in [0, 0.1) is 6.92 Å². The molecule has 0 spiro atoms. The predicted octanol–water partition coefficient (Wildman–Crippen LogP) is 2.66. The van der Waals surface area contributed by atoms with E-state index in [4.69, 9.17) is 14.5 Å². The molecule has 1 saturated heterocycles. The zero-order valence-electron chi connectivity index (χ0n) is 21.0. The molecule has 5 rings (SSSR count). The summed E-state index contributed by atoms with van der Waals surface area (Å²) < 4.78 is 6.48. The first-order valence-corrected chi connectivity index (χ1v) is 13.3. The van der Waals surface area contributed by atoms with Crippen molar-refractivity contribution in [2.24, 2.45) is 0 Å². The van der Waals surface area contributed by atoms with Crippen LogP contribution >= 0.6 is 11.3 Å². The van der Waals surface area contributed by atoms with Crippen molar-refractivity contribution in [1.29, 1.82) is 0 Å². The van der Waals surface area contributed by atoms with Crippen molar-refractivity contribution in [1.82, 2.24) is 25.3 Å². The van der Waals surface area contributed by atoms with Crippen molar-refractivity contribution in [3.63, 3.8) is 0 Å². The van der Waals surface area contributed by atoms with Crippen molar-refractivity contribution >= 4 is 44.2 Å². The Bertz CT molecular complexity index is 1400. The molecule has 200 valence electrons. The van der Waals surface area contributed by atoms with E-state index < -0.39 is 18.7 Å². The van der Waals surface area contributed by atoms with E-state index >= 15 is 0 Å². The van der Waals surface area contributed by atoms with Gasteiger partial charge in [-0.25, -0.2) is 15.0 Å². The Morgan fingerprint density at radius 3 is 2.82 bits per heavy atom. The maximum Gasteiger partial charge on any atom is 0.245 e. The van der Waals surface area contributed by atoms with Crippen molar-refractivity contribution in [2.75, 3.05) is 48.3 Å². The fourth-order valence-electron chi connectivity index (χ4n) is 4.25. The van der Waals surface area contributed by atoms with Gasteiger partial charge in [-0.3, -0.25) is 9.78 Å². The summed E-state index contributed by atoms with van der Waals surface area (Å²) in [5.74, 6) is 0.717. The second kappa shape index (κ2) is 11.7. The van der Waals surface area contributed by atoms with E-state index in [1.165, 1.54) is 24.0 Å². The molecule has 1 aliphatic heterocycles. The summed E-state index contributed by atoms with van der Waals surface area (Å²) in [6.07, 6.45) is 5.35. The number of nitrogens with zero attached hydrogens (tertiary/aromatic N) is 5. The number of anilines is 3. The van der Waals surface area contributed by atoms with E-state index in [0.717, 1.165) is 47.7 Å². The number of hydrogen-bond acceptors (Lipinski definition) is 12. The number of amides is 1. The standard InChI is InChI=1S/C25H30N8O4S/c1-15-11-16(5-6-26-15)24-30-18(14-37-24)23(36)29-17-12-19-21(31-22(17)33-9-3-2-4-10-33)32-25(38-19)28-8-7-27-20(35)13-34/h5-6,11-12,14,23,29,34,36H,2-4,7-10,13H2,1H3,(H,27,35)(H,28,31,32). The number of nitrogens with one attached hydrogen (secondary N) is 3. The SMILES string of the molecule is Cc1cc(-c2nc(C(O)Nc3cc4sc(NCCNC(=O)CO)nc4nc3N3CCCCC3)co2)ccn1. The van der Waals surface area contributed by atoms with Gasteiger partial charge < -0.3 is 35.5 Å². The van der Waals surface area contributed by atoms with Gasteiger partial charge in [0.2, 0.25) is 11.8 Å². The van der Waals surface area contributed by atoms with Gasteiger partial charge in [0.1, 0.15) is 18.6 Å². The zero-order valence-corrected chi connectivity index (χ0v) is 21.8. The van der Waals surface area contributed by atoms with Crippen LogP contribution in [0.15, 0.2) is 35.1 Å². The monoisotopic (exact) mass is 538 g/mol. The summed E-state index contributed by atoms with van der Waals surface area (Å²) in [6.45, 7) is 3.92. The van der Waals surface area contributed by atoms with Gasteiger partial charge in [0.05, 0.1) is 10.4 Å². The molecular formula is C25H30N8O4S. The summed E-state index contributed by atoms with van der Waals surface area (Å²) in [7, 11) is 0. The Morgan fingerprint density at radius 2 is 2.03 bits per heavy atom. The number of hydrogen-bond donors (Lipinski definition) is 5. The van der Waals surface area contributed by atoms with Gasteiger partial charge in [0.15, 0.2) is 22.8 Å². The molecular weight excluding hydrogens is 508 g/mol. The van der Waals surface area contributed by atoms with E-state index in [0.29, 0.717) is 41.1 Å². The van der Waals surface area contributed by atoms with Gasteiger partial charge in [0.25, 0.3) is 0 Å². The number of fused-ring (bicyclic) bond motifs is 1. The second-order valence-corrected chi connectivity index (χ2v) is 10.0. The van der Waals surface area contributed by atoms with Gasteiger partial charge in [-0.1, -0.05) is 11.3 Å². The zero-order chi connectivity index (χ0) is 26.5. The van der Waals surface area contributed by atoms with Gasteiger partial charge in [0, 0.05) is 43.6 Å². The molecule has 4 aromatic rings. The van der Waals surface area contributed by atoms with Gasteiger partial charge in [-0.05, 0) is 44.4 Å². The predicted molar refractivity (Wildman–Crippen MR) is 145 cm³/mol. The molecule has 0 radical (unpaired) electrons. The van der Waals surface area contributed by atoms with E-state index in [1.807, 2.05) is 25.1 Å². The van der Waals surface area contributed by atoms with Crippen molar-refractivity contribution in [2.45, 2.75) is 32.4 Å². The number of aryl methyl sites for hydroxylation is 1. The minimum absolute atomic E-state index is 0.357. The van der Waals surface area contributed by atoms with Crippen molar-refractivity contribution in [3.8, 4) is 11.5 Å². The average Bonchev–Trinajstić information content (AvgIpc) is 3.58. The first kappa shape index (κ1) is 25.8. The molecule has 0 aliphatic carbocycles. The fraction of sp³-hybridized carbons (Fsp3) is 0.400. The Labute approximate surface area is 223 Å². The van der Waals surface area contributed by atoms with Crippen molar-refractivity contribution < 1.29 is 19.4 Å². The van der Waals surface area contributed by atoms with E-state index in [-0.39, 0.29) is 0 Å². The highest BCUT2D eigenvalue weighted by Gasteiger charge is 2.22. The lowest BCUT2D eigenvalue weighted by Crippen LogP contribution is -2.31. The second-order valence-electron chi connectivity index (χ2n) is 8.99. The third kappa shape index (κ3) is 6.01. The van der Waals surface area contributed by atoms with E-state index in [1.54, 1.807) is 6.20 Å². The molecule has 13 heteroatoms. The minimum atomic E-state index is -1.11. The highest BCUT2D eigenvalue weighted by atomic mass is 32.1. The molecule has 1 aliphatic rings. The van der Waals surface area contributed by atoms with Crippen LogP contribution in [0.2, 0.25) is 0 Å². The van der Waals surface area contributed by atoms with Crippen LogP contribution in [-0.2, 0) is 4.79 Å². The third-order valence-corrected chi connectivity index (χ3v) is 7.07. The molecule has 0 aromatic carbocycles. The minimum Gasteiger partial charge on any atom is -0.444 e. The summed E-state index contributed by atoms with van der Waals surface area (Å²) in [5.41, 5.74) is 3.28. The topological polar surface area (TPSA) is 162 Å². The number of carbonyl (C=O) groups excluding carboxylic acids is 1. The van der Waals surface area contributed by atoms with Crippen LogP contribution in [0.3, 0.4) is 0 Å². The van der Waals surface area contributed by atoms with E-state index in [9.17, 15) is 9.90 Å². The lowest BCUT2D eigenvalue weighted by Gasteiger charge is -2.30. The number of pyridine rings is 2. The summed E-state index contributed by atoms with van der Waals surface area (Å²) in [6, 6.07) is 5.63. The number of aliphatic hydroxyl groups excluding tert-OH is 2. The molecule has 0 saturated carbocycles. The van der Waals surface area contributed by atoms with Gasteiger partial charge in [-0.2, -0.15) is 0 Å². The first-order chi connectivity index (χ1) is 18.5. The van der Waals surface area contributed by atoms with Crippen LogP contribution in [-0.4, -0.2) is 68.8 Å². The first-order valence-electron chi connectivity index (χ1n) is 12.5. The Balaban J connectivity index is 1.37. The molecule has 5 N–H and O–H groups in total. The number of piperidine rings is 1. The lowest BCUT2D eigenvalue weighted by atomic mass is 10.1. The molecule has 1 atom stereocenters. The molecule has 38 heavy (non-hydrogen) atoms. The highest BCUT2D eigenvalue weighted by Crippen LogP contribution is 2.35. The Kier molecular flexibility index (Phi) is 7.96. The molecule has 1 fully saturated rings.